The molecule has 0 fully saturated rings. The van der Waals surface area contributed by atoms with Gasteiger partial charge in [0.15, 0.2) is 17.3 Å². The SMILES string of the molecule is CCOC(=O)CC1OC(c2cccc(OC)c2OC)c2cc(C(F)(F)F)ccc2-n2c1nnc2C(C)(F)F. The van der Waals surface area contributed by atoms with Gasteiger partial charge in [0, 0.05) is 18.1 Å². The molecule has 2 aromatic carbocycles. The van der Waals surface area contributed by atoms with Crippen LogP contribution >= 0.6 is 0 Å². The van der Waals surface area contributed by atoms with Gasteiger partial charge in [0.1, 0.15) is 12.2 Å². The lowest BCUT2D eigenvalue weighted by Gasteiger charge is -2.25. The number of fused-ring (bicyclic) bond motifs is 3. The van der Waals surface area contributed by atoms with Gasteiger partial charge < -0.3 is 18.9 Å². The van der Waals surface area contributed by atoms with Gasteiger partial charge in [0.25, 0.3) is 0 Å². The first-order chi connectivity index (χ1) is 17.9. The third kappa shape index (κ3) is 5.02. The van der Waals surface area contributed by atoms with E-state index in [0.717, 1.165) is 22.8 Å². The smallest absolute Gasteiger partial charge is 0.416 e. The van der Waals surface area contributed by atoms with Gasteiger partial charge in [-0.15, -0.1) is 10.2 Å². The van der Waals surface area contributed by atoms with E-state index in [1.165, 1.54) is 14.2 Å². The zero-order valence-electron chi connectivity index (χ0n) is 20.8. The summed E-state index contributed by atoms with van der Waals surface area (Å²) in [5.41, 5.74) is -0.986. The molecule has 2 heterocycles. The van der Waals surface area contributed by atoms with Crippen LogP contribution in [0.25, 0.3) is 5.69 Å². The molecule has 0 N–H and O–H groups in total. The molecule has 0 saturated heterocycles. The summed E-state index contributed by atoms with van der Waals surface area (Å²) in [6.07, 6.45) is -7.86. The van der Waals surface area contributed by atoms with Gasteiger partial charge in [-0.1, -0.05) is 12.1 Å². The Bertz CT molecular complexity index is 1340. The molecule has 1 aliphatic heterocycles. The maximum atomic E-state index is 14.6. The lowest BCUT2D eigenvalue weighted by atomic mass is 9.96. The molecule has 2 atom stereocenters. The number of hydrogen-bond acceptors (Lipinski definition) is 7. The molecule has 1 aliphatic rings. The second kappa shape index (κ2) is 10.2. The molecule has 0 bridgehead atoms. The maximum Gasteiger partial charge on any atom is 0.416 e. The maximum absolute atomic E-state index is 14.6. The Morgan fingerprint density at radius 1 is 1.05 bits per heavy atom. The molecule has 8 nitrogen and oxygen atoms in total. The molecule has 204 valence electrons. The molecule has 4 rings (SSSR count). The minimum absolute atomic E-state index is 0.0405. The van der Waals surface area contributed by atoms with E-state index in [-0.39, 0.29) is 40.7 Å². The topological polar surface area (TPSA) is 84.7 Å². The number of nitrogens with zero attached hydrogens (tertiary/aromatic N) is 3. The Morgan fingerprint density at radius 2 is 1.79 bits per heavy atom. The molecule has 0 spiro atoms. The first-order valence-corrected chi connectivity index (χ1v) is 11.5. The number of alkyl halides is 5. The highest BCUT2D eigenvalue weighted by Gasteiger charge is 2.42. The predicted molar refractivity (Wildman–Crippen MR) is 122 cm³/mol. The lowest BCUT2D eigenvalue weighted by Crippen LogP contribution is -2.19. The summed E-state index contributed by atoms with van der Waals surface area (Å²) >= 11 is 0. The van der Waals surface area contributed by atoms with Crippen molar-refractivity contribution in [2.24, 2.45) is 0 Å². The fourth-order valence-electron chi connectivity index (χ4n) is 4.34. The zero-order chi connectivity index (χ0) is 27.8. The molecule has 0 saturated carbocycles. The Labute approximate surface area is 214 Å². The van der Waals surface area contributed by atoms with Crippen LogP contribution in [0.15, 0.2) is 36.4 Å². The number of methoxy groups -OCH3 is 2. The summed E-state index contributed by atoms with van der Waals surface area (Å²) in [6, 6.07) is 7.32. The highest BCUT2D eigenvalue weighted by atomic mass is 19.4. The van der Waals surface area contributed by atoms with Gasteiger partial charge in [-0.05, 0) is 31.2 Å². The van der Waals surface area contributed by atoms with Crippen molar-refractivity contribution in [1.29, 1.82) is 0 Å². The first-order valence-electron chi connectivity index (χ1n) is 11.5. The minimum atomic E-state index is -4.75. The van der Waals surface area contributed by atoms with E-state index < -0.39 is 48.1 Å². The number of carbonyl (C=O) groups is 1. The fraction of sp³-hybridized carbons (Fsp3) is 0.400. The van der Waals surface area contributed by atoms with E-state index in [1.807, 2.05) is 0 Å². The average Bonchev–Trinajstić information content (AvgIpc) is 3.26. The molecular formula is C25H24F5N3O5. The fourth-order valence-corrected chi connectivity index (χ4v) is 4.34. The normalized spacial score (nSPS) is 17.3. The van der Waals surface area contributed by atoms with Crippen molar-refractivity contribution in [2.75, 3.05) is 20.8 Å². The molecule has 0 amide bonds. The van der Waals surface area contributed by atoms with E-state index in [0.29, 0.717) is 6.92 Å². The van der Waals surface area contributed by atoms with Gasteiger partial charge >= 0.3 is 18.1 Å². The van der Waals surface area contributed by atoms with Gasteiger partial charge in [-0.2, -0.15) is 22.0 Å². The molecule has 3 aromatic rings. The van der Waals surface area contributed by atoms with Gasteiger partial charge in [0.05, 0.1) is 38.5 Å². The van der Waals surface area contributed by atoms with E-state index in [2.05, 4.69) is 10.2 Å². The van der Waals surface area contributed by atoms with Crippen LogP contribution in [-0.4, -0.2) is 41.6 Å². The lowest BCUT2D eigenvalue weighted by molar-refractivity contribution is -0.147. The highest BCUT2D eigenvalue weighted by Crippen LogP contribution is 2.47. The van der Waals surface area contributed by atoms with Gasteiger partial charge in [-0.25, -0.2) is 0 Å². The number of carbonyl (C=O) groups excluding carboxylic acids is 1. The predicted octanol–water partition coefficient (Wildman–Crippen LogP) is 5.53. The van der Waals surface area contributed by atoms with Crippen LogP contribution in [0.5, 0.6) is 11.5 Å². The number of halogens is 5. The Morgan fingerprint density at radius 3 is 2.39 bits per heavy atom. The van der Waals surface area contributed by atoms with E-state index in [4.69, 9.17) is 18.9 Å². The van der Waals surface area contributed by atoms with Crippen molar-refractivity contribution in [3.8, 4) is 17.2 Å². The number of aromatic nitrogens is 3. The monoisotopic (exact) mass is 541 g/mol. The molecule has 0 aliphatic carbocycles. The third-order valence-corrected chi connectivity index (χ3v) is 5.92. The largest absolute Gasteiger partial charge is 0.493 e. The summed E-state index contributed by atoms with van der Waals surface area (Å²) in [5, 5.41) is 7.48. The molecule has 38 heavy (non-hydrogen) atoms. The standard InChI is InChI=1S/C25H24F5N3O5/c1-5-37-19(34)12-18-22-31-32-23(24(2,26)27)33(22)16-10-9-13(25(28,29)30)11-15(16)20(38-18)14-7-6-8-17(35-3)21(14)36-4/h6-11,18,20H,5,12H2,1-4H3. The molecule has 2 unspecified atom stereocenters. The second-order valence-electron chi connectivity index (χ2n) is 8.47. The number of para-hydroxylation sites is 1. The van der Waals surface area contributed by atoms with Crippen LogP contribution in [0.4, 0.5) is 22.0 Å². The van der Waals surface area contributed by atoms with Crippen molar-refractivity contribution in [3.05, 3.63) is 64.7 Å². The van der Waals surface area contributed by atoms with Crippen LogP contribution in [0, 0.1) is 0 Å². The first kappa shape index (κ1) is 27.3. The molecule has 1 aromatic heterocycles. The van der Waals surface area contributed by atoms with Crippen molar-refractivity contribution in [3.63, 3.8) is 0 Å². The van der Waals surface area contributed by atoms with Crippen molar-refractivity contribution < 1.29 is 45.7 Å². The summed E-state index contributed by atoms with van der Waals surface area (Å²) in [4.78, 5) is 12.5. The average molecular weight is 541 g/mol. The Hall–Kier alpha value is -3.74. The van der Waals surface area contributed by atoms with Gasteiger partial charge in [0.2, 0.25) is 5.82 Å². The van der Waals surface area contributed by atoms with Crippen molar-refractivity contribution in [1.82, 2.24) is 14.8 Å². The van der Waals surface area contributed by atoms with E-state index >= 15 is 0 Å². The van der Waals surface area contributed by atoms with Crippen LogP contribution in [0.3, 0.4) is 0 Å². The minimum Gasteiger partial charge on any atom is -0.493 e. The summed E-state index contributed by atoms with van der Waals surface area (Å²) in [6.45, 7) is 2.21. The Kier molecular flexibility index (Phi) is 7.33. The van der Waals surface area contributed by atoms with E-state index in [9.17, 15) is 26.7 Å². The Balaban J connectivity index is 2.05. The summed E-state index contributed by atoms with van der Waals surface area (Å²) in [7, 11) is 2.72. The third-order valence-electron chi connectivity index (χ3n) is 5.92. The molecular weight excluding hydrogens is 517 g/mol. The summed E-state index contributed by atoms with van der Waals surface area (Å²) in [5.74, 6) is -4.88. The van der Waals surface area contributed by atoms with Crippen LogP contribution in [0.1, 0.15) is 60.8 Å². The van der Waals surface area contributed by atoms with Crippen LogP contribution in [0.2, 0.25) is 0 Å². The van der Waals surface area contributed by atoms with E-state index in [1.54, 1.807) is 25.1 Å². The second-order valence-corrected chi connectivity index (χ2v) is 8.47. The number of ether oxygens (including phenoxy) is 4. The number of benzene rings is 2. The van der Waals surface area contributed by atoms with Crippen molar-refractivity contribution in [2.45, 2.75) is 44.6 Å². The zero-order valence-corrected chi connectivity index (χ0v) is 20.8. The quantitative estimate of drug-likeness (QED) is 0.287. The van der Waals surface area contributed by atoms with Gasteiger partial charge in [-0.3, -0.25) is 9.36 Å². The molecule has 13 heteroatoms. The van der Waals surface area contributed by atoms with Crippen LogP contribution < -0.4 is 9.47 Å². The number of esters is 1. The van der Waals surface area contributed by atoms with Crippen LogP contribution in [-0.2, 0) is 26.4 Å². The molecule has 0 radical (unpaired) electrons. The highest BCUT2D eigenvalue weighted by molar-refractivity contribution is 5.70. The van der Waals surface area contributed by atoms with Crippen molar-refractivity contribution >= 4 is 5.97 Å². The number of hydrogen-bond donors (Lipinski definition) is 0. The summed E-state index contributed by atoms with van der Waals surface area (Å²) < 4.78 is 93.7. The number of rotatable bonds is 7.